The Morgan fingerprint density at radius 2 is 2.21 bits per heavy atom. The molecule has 0 amide bonds. The van der Waals surface area contributed by atoms with E-state index in [4.69, 9.17) is 5.73 Å². The summed E-state index contributed by atoms with van der Waals surface area (Å²) >= 11 is 0. The van der Waals surface area contributed by atoms with E-state index in [1.54, 1.807) is 0 Å². The number of nitrogens with two attached hydrogens (primary N) is 1. The smallest absolute Gasteiger partial charge is 0.0486 e. The van der Waals surface area contributed by atoms with Crippen LogP contribution in [0.3, 0.4) is 0 Å². The minimum atomic E-state index is -0.735. The average Bonchev–Trinajstić information content (AvgIpc) is 2.15. The van der Waals surface area contributed by atoms with E-state index in [0.717, 1.165) is 29.8 Å². The molecule has 2 nitrogen and oxygen atoms in total. The maximum Gasteiger partial charge on any atom is 0.0486 e. The zero-order chi connectivity index (χ0) is 10.4. The molecular formula is C11H17NOS. The Bertz CT molecular complexity index is 312. The van der Waals surface area contributed by atoms with Crippen LogP contribution in [0.1, 0.15) is 25.3 Å². The van der Waals surface area contributed by atoms with Crippen LogP contribution in [0.4, 0.5) is 5.69 Å². The molecular weight excluding hydrogens is 194 g/mol. The third-order valence-electron chi connectivity index (χ3n) is 2.00. The molecule has 1 atom stereocenters. The van der Waals surface area contributed by atoms with E-state index >= 15 is 0 Å². The fraction of sp³-hybridized carbons (Fsp3) is 0.455. The molecule has 1 aromatic rings. The molecule has 2 N–H and O–H groups in total. The van der Waals surface area contributed by atoms with Gasteiger partial charge in [-0.25, -0.2) is 0 Å². The topological polar surface area (TPSA) is 43.1 Å². The van der Waals surface area contributed by atoms with Crippen LogP contribution in [0.15, 0.2) is 24.3 Å². The van der Waals surface area contributed by atoms with Gasteiger partial charge in [0.15, 0.2) is 0 Å². The summed E-state index contributed by atoms with van der Waals surface area (Å²) < 4.78 is 11.6. The first-order chi connectivity index (χ1) is 6.72. The quantitative estimate of drug-likeness (QED) is 0.759. The molecule has 0 bridgehead atoms. The first-order valence-electron chi connectivity index (χ1n) is 4.91. The number of hydrogen-bond donors (Lipinski definition) is 1. The lowest BCUT2D eigenvalue weighted by Crippen LogP contribution is -2.01. The van der Waals surface area contributed by atoms with Gasteiger partial charge in [-0.2, -0.15) is 0 Å². The van der Waals surface area contributed by atoms with Crippen LogP contribution in [0, 0.1) is 0 Å². The second kappa shape index (κ2) is 5.81. The molecule has 1 unspecified atom stereocenters. The summed E-state index contributed by atoms with van der Waals surface area (Å²) in [5, 5.41) is 0. The van der Waals surface area contributed by atoms with Crippen LogP contribution >= 0.6 is 0 Å². The second-order valence-electron chi connectivity index (χ2n) is 3.39. The van der Waals surface area contributed by atoms with Gasteiger partial charge in [-0.3, -0.25) is 4.21 Å². The monoisotopic (exact) mass is 211 g/mol. The molecule has 78 valence electrons. The van der Waals surface area contributed by atoms with Crippen molar-refractivity contribution < 1.29 is 4.21 Å². The predicted octanol–water partition coefficient (Wildman–Crippen LogP) is 2.32. The van der Waals surface area contributed by atoms with Gasteiger partial charge in [-0.05, 0) is 24.1 Å². The molecule has 0 aliphatic heterocycles. The first-order valence-corrected chi connectivity index (χ1v) is 6.40. The van der Waals surface area contributed by atoms with Gasteiger partial charge in [0, 0.05) is 28.0 Å². The molecule has 0 aliphatic carbocycles. The number of hydrogen-bond acceptors (Lipinski definition) is 2. The highest BCUT2D eigenvalue weighted by Gasteiger charge is 2.01. The molecule has 1 rings (SSSR count). The van der Waals surface area contributed by atoms with Crippen molar-refractivity contribution in [1.82, 2.24) is 0 Å². The number of benzene rings is 1. The van der Waals surface area contributed by atoms with Crippen LogP contribution in [-0.4, -0.2) is 9.96 Å². The Balaban J connectivity index is 2.47. The van der Waals surface area contributed by atoms with Crippen molar-refractivity contribution in [3.05, 3.63) is 29.8 Å². The lowest BCUT2D eigenvalue weighted by atomic mass is 10.2. The van der Waals surface area contributed by atoms with E-state index in [2.05, 4.69) is 6.92 Å². The van der Waals surface area contributed by atoms with Gasteiger partial charge < -0.3 is 5.73 Å². The van der Waals surface area contributed by atoms with E-state index in [1.807, 2.05) is 24.3 Å². The van der Waals surface area contributed by atoms with Crippen molar-refractivity contribution in [3.63, 3.8) is 0 Å². The van der Waals surface area contributed by atoms with E-state index < -0.39 is 10.8 Å². The van der Waals surface area contributed by atoms with Crippen LogP contribution < -0.4 is 5.73 Å². The maximum atomic E-state index is 11.6. The number of nitrogen functional groups attached to an aromatic ring is 1. The van der Waals surface area contributed by atoms with Gasteiger partial charge in [-0.15, -0.1) is 0 Å². The van der Waals surface area contributed by atoms with E-state index in [0.29, 0.717) is 5.75 Å². The predicted molar refractivity (Wildman–Crippen MR) is 62.5 cm³/mol. The summed E-state index contributed by atoms with van der Waals surface area (Å²) in [5.74, 6) is 1.43. The van der Waals surface area contributed by atoms with Crippen LogP contribution in [0.2, 0.25) is 0 Å². The van der Waals surface area contributed by atoms with Gasteiger partial charge >= 0.3 is 0 Å². The lowest BCUT2D eigenvalue weighted by Gasteiger charge is -2.02. The minimum absolute atomic E-state index is 0.630. The van der Waals surface area contributed by atoms with Gasteiger partial charge in [0.2, 0.25) is 0 Å². The Hall–Kier alpha value is -0.830. The van der Waals surface area contributed by atoms with Crippen LogP contribution in [-0.2, 0) is 16.6 Å². The van der Waals surface area contributed by atoms with E-state index in [-0.39, 0.29) is 0 Å². The third-order valence-corrected chi connectivity index (χ3v) is 3.40. The van der Waals surface area contributed by atoms with Gasteiger partial charge in [0.1, 0.15) is 0 Å². The number of anilines is 1. The normalized spacial score (nSPS) is 12.6. The Morgan fingerprint density at radius 3 is 2.86 bits per heavy atom. The fourth-order valence-corrected chi connectivity index (χ4v) is 2.55. The van der Waals surface area contributed by atoms with E-state index in [1.165, 1.54) is 0 Å². The summed E-state index contributed by atoms with van der Waals surface area (Å²) in [5.41, 5.74) is 7.45. The summed E-state index contributed by atoms with van der Waals surface area (Å²) in [6, 6.07) is 7.62. The zero-order valence-electron chi connectivity index (χ0n) is 8.53. The van der Waals surface area contributed by atoms with Crippen molar-refractivity contribution in [2.24, 2.45) is 0 Å². The molecule has 1 aromatic carbocycles. The molecule has 0 spiro atoms. The van der Waals surface area contributed by atoms with Gasteiger partial charge in [0.25, 0.3) is 0 Å². The molecule has 0 aromatic heterocycles. The van der Waals surface area contributed by atoms with Crippen LogP contribution in [0.25, 0.3) is 0 Å². The summed E-state index contributed by atoms with van der Waals surface area (Å²) in [6.45, 7) is 2.11. The first kappa shape index (κ1) is 11.2. The average molecular weight is 211 g/mol. The molecule has 3 heteroatoms. The minimum Gasteiger partial charge on any atom is -0.399 e. The molecule has 0 heterocycles. The van der Waals surface area contributed by atoms with Crippen molar-refractivity contribution in [3.8, 4) is 0 Å². The summed E-state index contributed by atoms with van der Waals surface area (Å²) in [4.78, 5) is 0. The summed E-state index contributed by atoms with van der Waals surface area (Å²) in [6.07, 6.45) is 2.14. The van der Waals surface area contributed by atoms with Gasteiger partial charge in [-0.1, -0.05) is 25.5 Å². The second-order valence-corrected chi connectivity index (χ2v) is 4.96. The van der Waals surface area contributed by atoms with Crippen LogP contribution in [0.5, 0.6) is 0 Å². The Labute approximate surface area is 88.0 Å². The standard InChI is InChI=1S/C11H17NOS/c1-2-3-7-14(13)9-10-5-4-6-11(12)8-10/h4-6,8H,2-3,7,9,12H2,1H3. The SMILES string of the molecule is CCCCS(=O)Cc1cccc(N)c1. The maximum absolute atomic E-state index is 11.6. The molecule has 0 saturated heterocycles. The van der Waals surface area contributed by atoms with Gasteiger partial charge in [0.05, 0.1) is 0 Å². The highest BCUT2D eigenvalue weighted by atomic mass is 32.2. The largest absolute Gasteiger partial charge is 0.399 e. The highest BCUT2D eigenvalue weighted by Crippen LogP contribution is 2.09. The van der Waals surface area contributed by atoms with E-state index in [9.17, 15) is 4.21 Å². The molecule has 0 aliphatic rings. The third kappa shape index (κ3) is 3.92. The molecule has 0 fully saturated rings. The summed E-state index contributed by atoms with van der Waals surface area (Å²) in [7, 11) is -0.735. The van der Waals surface area contributed by atoms with Crippen molar-refractivity contribution in [1.29, 1.82) is 0 Å². The fourth-order valence-electron chi connectivity index (χ4n) is 1.25. The number of unbranched alkanes of at least 4 members (excludes halogenated alkanes) is 1. The lowest BCUT2D eigenvalue weighted by molar-refractivity contribution is 0.679. The number of rotatable bonds is 5. The van der Waals surface area contributed by atoms with Crippen molar-refractivity contribution >= 4 is 16.5 Å². The van der Waals surface area contributed by atoms with Crippen molar-refractivity contribution in [2.75, 3.05) is 11.5 Å². The zero-order valence-corrected chi connectivity index (χ0v) is 9.35. The molecule has 14 heavy (non-hydrogen) atoms. The molecule has 0 radical (unpaired) electrons. The Kier molecular flexibility index (Phi) is 4.66. The Morgan fingerprint density at radius 1 is 1.43 bits per heavy atom. The highest BCUT2D eigenvalue weighted by molar-refractivity contribution is 7.84. The van der Waals surface area contributed by atoms with Crippen molar-refractivity contribution in [2.45, 2.75) is 25.5 Å². The molecule has 0 saturated carbocycles.